The van der Waals surface area contributed by atoms with Gasteiger partial charge in [-0.1, -0.05) is 35.9 Å². The van der Waals surface area contributed by atoms with E-state index in [1.54, 1.807) is 49.5 Å². The second-order valence-corrected chi connectivity index (χ2v) is 8.10. The molecular formula is C18H18N4O2S2. The monoisotopic (exact) mass is 386 g/mol. The van der Waals surface area contributed by atoms with E-state index in [-0.39, 0.29) is 10.0 Å². The number of aromatic nitrogens is 1. The van der Waals surface area contributed by atoms with Gasteiger partial charge in [-0.25, -0.2) is 12.4 Å². The lowest BCUT2D eigenvalue weighted by Gasteiger charge is -2.07. The van der Waals surface area contributed by atoms with E-state index in [1.807, 2.05) is 19.1 Å². The maximum absolute atomic E-state index is 13.1. The lowest BCUT2D eigenvalue weighted by atomic mass is 10.1. The van der Waals surface area contributed by atoms with Gasteiger partial charge in [0.1, 0.15) is 0 Å². The predicted octanol–water partition coefficient (Wildman–Crippen LogP) is 2.74. The summed E-state index contributed by atoms with van der Waals surface area (Å²) in [5, 5.41) is 4.93. The maximum Gasteiger partial charge on any atom is 0.268 e. The molecule has 6 nitrogen and oxygen atoms in total. The Morgan fingerprint density at radius 2 is 1.81 bits per heavy atom. The molecule has 0 aliphatic heterocycles. The van der Waals surface area contributed by atoms with Gasteiger partial charge in [-0.05, 0) is 44.3 Å². The third-order valence-electron chi connectivity index (χ3n) is 3.98. The number of nitrogens with zero attached hydrogens (tertiary/aromatic N) is 2. The molecule has 26 heavy (non-hydrogen) atoms. The van der Waals surface area contributed by atoms with Crippen LogP contribution in [0.3, 0.4) is 0 Å². The smallest absolute Gasteiger partial charge is 0.268 e. The highest BCUT2D eigenvalue weighted by atomic mass is 32.2. The van der Waals surface area contributed by atoms with Gasteiger partial charge in [0.15, 0.2) is 5.11 Å². The molecule has 0 saturated carbocycles. The molecule has 0 unspecified atom stereocenters. The summed E-state index contributed by atoms with van der Waals surface area (Å²) in [7, 11) is -3.74. The first-order valence-corrected chi connectivity index (χ1v) is 9.68. The summed E-state index contributed by atoms with van der Waals surface area (Å²) >= 11 is 4.76. The second-order valence-electron chi connectivity index (χ2n) is 5.85. The van der Waals surface area contributed by atoms with Gasteiger partial charge < -0.3 is 5.73 Å². The van der Waals surface area contributed by atoms with Crippen LogP contribution >= 0.6 is 12.2 Å². The van der Waals surface area contributed by atoms with Crippen LogP contribution in [-0.2, 0) is 10.0 Å². The van der Waals surface area contributed by atoms with Crippen molar-refractivity contribution in [2.24, 2.45) is 10.8 Å². The molecule has 8 heteroatoms. The molecule has 0 spiro atoms. The molecule has 3 aromatic rings. The molecule has 0 aliphatic rings. The van der Waals surface area contributed by atoms with Crippen LogP contribution in [0.5, 0.6) is 0 Å². The van der Waals surface area contributed by atoms with Gasteiger partial charge in [0.05, 0.1) is 16.1 Å². The fourth-order valence-electron chi connectivity index (χ4n) is 2.66. The number of aryl methyl sites for hydroxylation is 1. The summed E-state index contributed by atoms with van der Waals surface area (Å²) < 4.78 is 27.5. The van der Waals surface area contributed by atoms with E-state index < -0.39 is 10.0 Å². The van der Waals surface area contributed by atoms with Crippen molar-refractivity contribution >= 4 is 44.0 Å². The summed E-state index contributed by atoms with van der Waals surface area (Å²) in [6, 6.07) is 14.0. The number of hydrazone groups is 1. The normalized spacial score (nSPS) is 12.3. The molecule has 3 N–H and O–H groups in total. The van der Waals surface area contributed by atoms with Crippen molar-refractivity contribution in [3.63, 3.8) is 0 Å². The SMILES string of the molecule is C/C(=N/NC(N)=S)c1cn(S(=O)(=O)c2ccc(C)cc2)c2ccccc12. The molecule has 134 valence electrons. The average molecular weight is 387 g/mol. The van der Waals surface area contributed by atoms with Crippen LogP contribution in [0.1, 0.15) is 18.1 Å². The molecule has 0 saturated heterocycles. The first kappa shape index (κ1) is 18.1. The minimum absolute atomic E-state index is 0.0420. The molecule has 0 aliphatic carbocycles. The predicted molar refractivity (Wildman–Crippen MR) is 108 cm³/mol. The van der Waals surface area contributed by atoms with E-state index in [0.717, 1.165) is 10.9 Å². The van der Waals surface area contributed by atoms with Crippen molar-refractivity contribution in [1.29, 1.82) is 0 Å². The Morgan fingerprint density at radius 1 is 1.15 bits per heavy atom. The van der Waals surface area contributed by atoms with Gasteiger partial charge in [0, 0.05) is 17.1 Å². The van der Waals surface area contributed by atoms with Crippen molar-refractivity contribution < 1.29 is 8.42 Å². The topological polar surface area (TPSA) is 89.5 Å². The molecule has 2 aromatic carbocycles. The van der Waals surface area contributed by atoms with Gasteiger partial charge in [-0.2, -0.15) is 5.10 Å². The third kappa shape index (κ3) is 3.33. The highest BCUT2D eigenvalue weighted by Crippen LogP contribution is 2.26. The van der Waals surface area contributed by atoms with Crippen LogP contribution in [0.2, 0.25) is 0 Å². The summed E-state index contributed by atoms with van der Waals surface area (Å²) in [5.41, 5.74) is 10.8. The van der Waals surface area contributed by atoms with Crippen LogP contribution in [-0.4, -0.2) is 23.2 Å². The Kier molecular flexibility index (Phi) is 4.80. The molecule has 0 atom stereocenters. The summed E-state index contributed by atoms with van der Waals surface area (Å²) in [5.74, 6) is 0. The summed E-state index contributed by atoms with van der Waals surface area (Å²) in [6.45, 7) is 3.67. The van der Waals surface area contributed by atoms with Gasteiger partial charge in [0.2, 0.25) is 0 Å². The Balaban J connectivity index is 2.20. The number of rotatable bonds is 4. The van der Waals surface area contributed by atoms with Crippen LogP contribution < -0.4 is 11.2 Å². The zero-order chi connectivity index (χ0) is 18.9. The van der Waals surface area contributed by atoms with Crippen molar-refractivity contribution in [3.05, 3.63) is 65.9 Å². The first-order chi connectivity index (χ1) is 12.3. The first-order valence-electron chi connectivity index (χ1n) is 7.83. The molecule has 1 aromatic heterocycles. The maximum atomic E-state index is 13.1. The highest BCUT2D eigenvalue weighted by molar-refractivity contribution is 7.90. The third-order valence-corrected chi connectivity index (χ3v) is 5.76. The van der Waals surface area contributed by atoms with Crippen LogP contribution in [0, 0.1) is 6.92 Å². The van der Waals surface area contributed by atoms with Crippen molar-refractivity contribution in [2.45, 2.75) is 18.7 Å². The lowest BCUT2D eigenvalue weighted by molar-refractivity contribution is 0.589. The zero-order valence-corrected chi connectivity index (χ0v) is 15.9. The lowest BCUT2D eigenvalue weighted by Crippen LogP contribution is -2.25. The second kappa shape index (κ2) is 6.89. The minimum atomic E-state index is -3.74. The fourth-order valence-corrected chi connectivity index (χ4v) is 4.08. The number of nitrogens with one attached hydrogen (secondary N) is 1. The Morgan fingerprint density at radius 3 is 2.46 bits per heavy atom. The number of benzene rings is 2. The van der Waals surface area contributed by atoms with E-state index in [9.17, 15) is 8.42 Å². The fraction of sp³-hybridized carbons (Fsp3) is 0.111. The average Bonchev–Trinajstić information content (AvgIpc) is 3.00. The van der Waals surface area contributed by atoms with E-state index in [1.165, 1.54) is 3.97 Å². The molecule has 0 radical (unpaired) electrons. The number of nitrogens with two attached hydrogens (primary N) is 1. The van der Waals surface area contributed by atoms with Crippen LogP contribution in [0.25, 0.3) is 10.9 Å². The number of fused-ring (bicyclic) bond motifs is 1. The molecule has 0 amide bonds. The van der Waals surface area contributed by atoms with E-state index >= 15 is 0 Å². The highest BCUT2D eigenvalue weighted by Gasteiger charge is 2.21. The minimum Gasteiger partial charge on any atom is -0.375 e. The Labute approximate surface area is 157 Å². The molecule has 3 rings (SSSR count). The van der Waals surface area contributed by atoms with Gasteiger partial charge in [-0.15, -0.1) is 0 Å². The molecule has 1 heterocycles. The van der Waals surface area contributed by atoms with Gasteiger partial charge in [0.25, 0.3) is 10.0 Å². The van der Waals surface area contributed by atoms with E-state index in [4.69, 9.17) is 18.0 Å². The molecular weight excluding hydrogens is 368 g/mol. The number of thiocarbonyl (C=S) groups is 1. The largest absolute Gasteiger partial charge is 0.375 e. The van der Waals surface area contributed by atoms with Gasteiger partial charge >= 0.3 is 0 Å². The number of hydrogen-bond donors (Lipinski definition) is 2. The van der Waals surface area contributed by atoms with E-state index in [2.05, 4.69) is 10.5 Å². The van der Waals surface area contributed by atoms with Crippen LogP contribution in [0.4, 0.5) is 0 Å². The Hall–Kier alpha value is -2.71. The van der Waals surface area contributed by atoms with E-state index in [0.29, 0.717) is 16.8 Å². The van der Waals surface area contributed by atoms with Crippen LogP contribution in [0.15, 0.2) is 64.7 Å². The summed E-state index contributed by atoms with van der Waals surface area (Å²) in [4.78, 5) is 0.228. The standard InChI is InChI=1S/C18H18N4O2S2/c1-12-7-9-14(10-8-12)26(23,24)22-11-16(13(2)20-21-18(19)25)15-5-3-4-6-17(15)22/h3-11H,1-2H3,(H3,19,21,25)/b20-13-. The number of hydrogen-bond acceptors (Lipinski definition) is 4. The summed E-state index contributed by atoms with van der Waals surface area (Å²) in [6.07, 6.45) is 1.57. The van der Waals surface area contributed by atoms with Crippen molar-refractivity contribution in [2.75, 3.05) is 0 Å². The van der Waals surface area contributed by atoms with Crippen molar-refractivity contribution in [1.82, 2.24) is 9.40 Å². The quantitative estimate of drug-likeness (QED) is 0.409. The van der Waals surface area contributed by atoms with Gasteiger partial charge in [-0.3, -0.25) is 5.43 Å². The molecule has 0 fully saturated rings. The Bertz CT molecular complexity index is 1110. The molecule has 0 bridgehead atoms. The number of para-hydroxylation sites is 1. The van der Waals surface area contributed by atoms with Crippen molar-refractivity contribution in [3.8, 4) is 0 Å². The zero-order valence-electron chi connectivity index (χ0n) is 14.3.